The summed E-state index contributed by atoms with van der Waals surface area (Å²) in [5.74, 6) is -0.960. The quantitative estimate of drug-likeness (QED) is 0.528. The van der Waals surface area contributed by atoms with Gasteiger partial charge in [0.25, 0.3) is 0 Å². The molecule has 2 aromatic carbocycles. The van der Waals surface area contributed by atoms with Gasteiger partial charge in [0.15, 0.2) is 0 Å². The van der Waals surface area contributed by atoms with E-state index in [-0.39, 0.29) is 5.56 Å². The van der Waals surface area contributed by atoms with Gasteiger partial charge in [-0.3, -0.25) is 4.98 Å². The van der Waals surface area contributed by atoms with Crippen LogP contribution >= 0.6 is 0 Å². The van der Waals surface area contributed by atoms with Crippen molar-refractivity contribution >= 4 is 23.2 Å². The largest absolute Gasteiger partial charge is 0.265 e. The lowest BCUT2D eigenvalue weighted by Crippen LogP contribution is -1.90. The smallest absolute Gasteiger partial charge is 0.130 e. The molecule has 5 heteroatoms. The van der Waals surface area contributed by atoms with Gasteiger partial charge in [0.2, 0.25) is 0 Å². The van der Waals surface area contributed by atoms with Crippen LogP contribution in [0.5, 0.6) is 0 Å². The molecule has 0 saturated carbocycles. The summed E-state index contributed by atoms with van der Waals surface area (Å²) < 4.78 is 28.7. The Morgan fingerprint density at radius 3 is 2.56 bits per heavy atom. The molecular weight excluding hydrogens is 320 g/mol. The van der Waals surface area contributed by atoms with E-state index in [1.807, 2.05) is 30.3 Å². The normalized spacial score (nSPS) is 11.4. The fraction of sp³-hybridized carbons (Fsp3) is 0. The first-order chi connectivity index (χ1) is 12.2. The summed E-state index contributed by atoms with van der Waals surface area (Å²) in [4.78, 5) is 4.02. The first-order valence-corrected chi connectivity index (χ1v) is 7.72. The number of pyridine rings is 1. The van der Waals surface area contributed by atoms with Crippen molar-refractivity contribution in [3.63, 3.8) is 0 Å². The van der Waals surface area contributed by atoms with E-state index in [1.165, 1.54) is 6.08 Å². The summed E-state index contributed by atoms with van der Waals surface area (Å²) >= 11 is 0. The minimum Gasteiger partial charge on any atom is -0.265 e. The zero-order valence-electron chi connectivity index (χ0n) is 13.1. The number of fused-ring (bicyclic) bond motifs is 1. The Morgan fingerprint density at radius 2 is 1.72 bits per heavy atom. The Labute approximate surface area is 142 Å². The molecule has 0 saturated heterocycles. The highest BCUT2D eigenvalue weighted by Gasteiger charge is 2.05. The van der Waals surface area contributed by atoms with Crippen molar-refractivity contribution in [2.75, 3.05) is 0 Å². The molecule has 0 radical (unpaired) electrons. The standard InChI is InChI=1S/C20H13F2N3/c21-18-3-4-19(22)16(11-18)7-10-25-20-12-15(1-2-17(20)13-24-25)14-5-8-23-9-6-14/h1-13H. The number of aromatic nitrogens is 3. The highest BCUT2D eigenvalue weighted by Crippen LogP contribution is 2.24. The van der Waals surface area contributed by atoms with Crippen LogP contribution < -0.4 is 0 Å². The minimum atomic E-state index is -0.480. The van der Waals surface area contributed by atoms with E-state index in [9.17, 15) is 8.78 Å². The first-order valence-electron chi connectivity index (χ1n) is 7.72. The number of halogens is 2. The van der Waals surface area contributed by atoms with E-state index >= 15 is 0 Å². The van der Waals surface area contributed by atoms with E-state index in [0.29, 0.717) is 0 Å². The third-order valence-corrected chi connectivity index (χ3v) is 3.97. The van der Waals surface area contributed by atoms with Gasteiger partial charge in [0.1, 0.15) is 11.6 Å². The molecular formula is C20H13F2N3. The van der Waals surface area contributed by atoms with Crippen LogP contribution in [0, 0.1) is 11.6 Å². The Balaban J connectivity index is 1.75. The van der Waals surface area contributed by atoms with E-state index in [1.54, 1.807) is 29.5 Å². The van der Waals surface area contributed by atoms with Crippen molar-refractivity contribution in [1.82, 2.24) is 14.8 Å². The third kappa shape index (κ3) is 3.04. The maximum Gasteiger partial charge on any atom is 0.130 e. The molecule has 0 spiro atoms. The van der Waals surface area contributed by atoms with Gasteiger partial charge < -0.3 is 0 Å². The number of nitrogens with zero attached hydrogens (tertiary/aromatic N) is 3. The summed E-state index contributed by atoms with van der Waals surface area (Å²) in [7, 11) is 0. The Morgan fingerprint density at radius 1 is 0.880 bits per heavy atom. The van der Waals surface area contributed by atoms with E-state index in [4.69, 9.17) is 0 Å². The zero-order chi connectivity index (χ0) is 17.2. The van der Waals surface area contributed by atoms with Gasteiger partial charge in [0.05, 0.1) is 11.7 Å². The average Bonchev–Trinajstić information content (AvgIpc) is 3.05. The highest BCUT2D eigenvalue weighted by atomic mass is 19.1. The van der Waals surface area contributed by atoms with Crippen molar-refractivity contribution in [2.45, 2.75) is 0 Å². The van der Waals surface area contributed by atoms with Gasteiger partial charge in [-0.05, 0) is 53.6 Å². The van der Waals surface area contributed by atoms with Crippen LogP contribution in [0.25, 0.3) is 34.3 Å². The van der Waals surface area contributed by atoms with Crippen molar-refractivity contribution in [3.8, 4) is 11.1 Å². The lowest BCUT2D eigenvalue weighted by Gasteiger charge is -2.03. The van der Waals surface area contributed by atoms with Gasteiger partial charge in [0, 0.05) is 29.5 Å². The van der Waals surface area contributed by atoms with Crippen LogP contribution in [0.15, 0.2) is 67.1 Å². The predicted molar refractivity (Wildman–Crippen MR) is 94.5 cm³/mol. The lowest BCUT2D eigenvalue weighted by molar-refractivity contribution is 0.598. The molecule has 0 unspecified atom stereocenters. The summed E-state index contributed by atoms with van der Waals surface area (Å²) in [5.41, 5.74) is 3.13. The van der Waals surface area contributed by atoms with Crippen molar-refractivity contribution in [2.24, 2.45) is 0 Å². The fourth-order valence-corrected chi connectivity index (χ4v) is 2.67. The van der Waals surface area contributed by atoms with Crippen LogP contribution in [-0.4, -0.2) is 14.8 Å². The lowest BCUT2D eigenvalue weighted by atomic mass is 10.1. The monoisotopic (exact) mass is 333 g/mol. The molecule has 4 aromatic rings. The van der Waals surface area contributed by atoms with Crippen LogP contribution in [0.3, 0.4) is 0 Å². The summed E-state index contributed by atoms with van der Waals surface area (Å²) in [5, 5.41) is 5.26. The number of benzene rings is 2. The topological polar surface area (TPSA) is 30.7 Å². The minimum absolute atomic E-state index is 0.175. The molecule has 122 valence electrons. The second-order valence-electron chi connectivity index (χ2n) is 5.58. The molecule has 25 heavy (non-hydrogen) atoms. The van der Waals surface area contributed by atoms with Gasteiger partial charge in [-0.25, -0.2) is 13.5 Å². The molecule has 2 aromatic heterocycles. The molecule has 0 aliphatic carbocycles. The van der Waals surface area contributed by atoms with Crippen molar-refractivity contribution in [3.05, 3.63) is 84.3 Å². The fourth-order valence-electron chi connectivity index (χ4n) is 2.67. The molecule has 3 nitrogen and oxygen atoms in total. The molecule has 0 amide bonds. The molecule has 0 fully saturated rings. The number of hydrogen-bond donors (Lipinski definition) is 0. The van der Waals surface area contributed by atoms with Crippen LogP contribution in [0.2, 0.25) is 0 Å². The van der Waals surface area contributed by atoms with E-state index in [2.05, 4.69) is 10.1 Å². The van der Waals surface area contributed by atoms with Gasteiger partial charge in [-0.1, -0.05) is 12.1 Å². The molecule has 0 aliphatic rings. The Bertz CT molecular complexity index is 1070. The maximum atomic E-state index is 13.7. The third-order valence-electron chi connectivity index (χ3n) is 3.97. The molecule has 0 aliphatic heterocycles. The van der Waals surface area contributed by atoms with E-state index in [0.717, 1.165) is 40.2 Å². The molecule has 0 atom stereocenters. The summed E-state index contributed by atoms with van der Waals surface area (Å²) in [6, 6.07) is 13.2. The van der Waals surface area contributed by atoms with Crippen molar-refractivity contribution < 1.29 is 8.78 Å². The second kappa shape index (κ2) is 6.28. The summed E-state index contributed by atoms with van der Waals surface area (Å²) in [6.07, 6.45) is 8.34. The van der Waals surface area contributed by atoms with Gasteiger partial charge >= 0.3 is 0 Å². The first kappa shape index (κ1) is 15.2. The van der Waals surface area contributed by atoms with Crippen LogP contribution in [-0.2, 0) is 0 Å². The summed E-state index contributed by atoms with van der Waals surface area (Å²) in [6.45, 7) is 0. The van der Waals surface area contributed by atoms with Gasteiger partial charge in [-0.2, -0.15) is 5.10 Å². The van der Waals surface area contributed by atoms with Crippen LogP contribution in [0.4, 0.5) is 8.78 Å². The maximum absolute atomic E-state index is 13.7. The average molecular weight is 333 g/mol. The molecule has 4 rings (SSSR count). The number of hydrogen-bond acceptors (Lipinski definition) is 2. The van der Waals surface area contributed by atoms with Crippen molar-refractivity contribution in [1.29, 1.82) is 0 Å². The second-order valence-corrected chi connectivity index (χ2v) is 5.58. The van der Waals surface area contributed by atoms with Gasteiger partial charge in [-0.15, -0.1) is 0 Å². The Hall–Kier alpha value is -3.34. The molecule has 0 bridgehead atoms. The molecule has 0 N–H and O–H groups in total. The van der Waals surface area contributed by atoms with Crippen LogP contribution in [0.1, 0.15) is 5.56 Å². The molecule has 2 heterocycles. The SMILES string of the molecule is Fc1ccc(F)c(C=Cn2ncc3ccc(-c4ccncc4)cc32)c1. The zero-order valence-corrected chi connectivity index (χ0v) is 13.1. The highest BCUT2D eigenvalue weighted by molar-refractivity contribution is 5.86. The number of rotatable bonds is 3. The van der Waals surface area contributed by atoms with E-state index < -0.39 is 11.6 Å². The Kier molecular flexibility index (Phi) is 3.82. The predicted octanol–water partition coefficient (Wildman–Crippen LogP) is 5.00.